The van der Waals surface area contributed by atoms with E-state index in [4.69, 9.17) is 13.9 Å². The van der Waals surface area contributed by atoms with Crippen LogP contribution in [0.5, 0.6) is 11.5 Å². The molecule has 4 aromatic rings. The lowest BCUT2D eigenvalue weighted by Gasteiger charge is -2.12. The van der Waals surface area contributed by atoms with E-state index in [1.165, 1.54) is 11.8 Å². The maximum absolute atomic E-state index is 12.4. The third-order valence-electron chi connectivity index (χ3n) is 5.26. The Kier molecular flexibility index (Phi) is 6.81. The zero-order valence-corrected chi connectivity index (χ0v) is 19.3. The summed E-state index contributed by atoms with van der Waals surface area (Å²) in [5, 5.41) is 12.4. The summed E-state index contributed by atoms with van der Waals surface area (Å²) in [5.41, 5.74) is 1.98. The van der Waals surface area contributed by atoms with Gasteiger partial charge in [-0.25, -0.2) is 0 Å². The molecule has 0 fully saturated rings. The zero-order chi connectivity index (χ0) is 23.2. The molecule has 0 saturated carbocycles. The number of para-hydroxylation sites is 1. The van der Waals surface area contributed by atoms with Gasteiger partial charge in [-0.2, -0.15) is 0 Å². The lowest BCUT2D eigenvalue weighted by molar-refractivity contribution is -0.118. The maximum Gasteiger partial charge on any atom is 0.230 e. The Morgan fingerprint density at radius 2 is 1.85 bits per heavy atom. The van der Waals surface area contributed by atoms with Crippen molar-refractivity contribution in [1.29, 1.82) is 0 Å². The van der Waals surface area contributed by atoms with Gasteiger partial charge >= 0.3 is 0 Å². The predicted molar refractivity (Wildman–Crippen MR) is 127 cm³/mol. The summed E-state index contributed by atoms with van der Waals surface area (Å²) in [5.74, 6) is 3.12. The van der Waals surface area contributed by atoms with E-state index >= 15 is 0 Å². The van der Waals surface area contributed by atoms with Gasteiger partial charge in [0.15, 0.2) is 16.7 Å². The van der Waals surface area contributed by atoms with E-state index in [1.807, 2.05) is 59.2 Å². The molecule has 0 bridgehead atoms. The summed E-state index contributed by atoms with van der Waals surface area (Å²) < 4.78 is 18.8. The largest absolute Gasteiger partial charge is 0.490 e. The zero-order valence-electron chi connectivity index (χ0n) is 18.5. The standard InChI is InChI=1S/C25H24N4O4S/c30-24(26-16-20-8-4-11-31-20)17-34-25-28-27-23(29(25)19-6-2-1-3-7-19)15-18-9-10-21-22(14-18)33-13-5-12-32-21/h1-4,6-11,14H,5,12-13,15-17H2,(H,26,30). The third-order valence-corrected chi connectivity index (χ3v) is 6.19. The Balaban J connectivity index is 1.34. The van der Waals surface area contributed by atoms with Crippen molar-refractivity contribution in [2.45, 2.75) is 24.5 Å². The highest BCUT2D eigenvalue weighted by Gasteiger charge is 2.18. The summed E-state index contributed by atoms with van der Waals surface area (Å²) in [4.78, 5) is 12.4. The van der Waals surface area contributed by atoms with E-state index in [1.54, 1.807) is 12.3 Å². The lowest BCUT2D eigenvalue weighted by Crippen LogP contribution is -2.24. The molecule has 8 nitrogen and oxygen atoms in total. The number of ether oxygens (including phenoxy) is 2. The number of carbonyl (C=O) groups excluding carboxylic acids is 1. The van der Waals surface area contributed by atoms with Gasteiger partial charge in [0.25, 0.3) is 0 Å². The van der Waals surface area contributed by atoms with Crippen LogP contribution in [0.25, 0.3) is 5.69 Å². The number of thioether (sulfide) groups is 1. The van der Waals surface area contributed by atoms with Crippen LogP contribution in [0, 0.1) is 0 Å². The Labute approximate surface area is 201 Å². The first-order valence-corrected chi connectivity index (χ1v) is 12.0. The van der Waals surface area contributed by atoms with Crippen molar-refractivity contribution in [3.05, 3.63) is 84.1 Å². The van der Waals surface area contributed by atoms with E-state index in [0.717, 1.165) is 35.0 Å². The number of hydrogen-bond donors (Lipinski definition) is 1. The molecule has 0 unspecified atom stereocenters. The second-order valence-corrected chi connectivity index (χ2v) is 8.67. The molecule has 1 amide bonds. The van der Waals surface area contributed by atoms with Crippen molar-refractivity contribution in [3.8, 4) is 17.2 Å². The van der Waals surface area contributed by atoms with Crippen LogP contribution in [0.2, 0.25) is 0 Å². The smallest absolute Gasteiger partial charge is 0.230 e. The molecular formula is C25H24N4O4S. The number of amides is 1. The third kappa shape index (κ3) is 5.26. The number of nitrogens with one attached hydrogen (secondary N) is 1. The molecule has 34 heavy (non-hydrogen) atoms. The number of nitrogens with zero attached hydrogens (tertiary/aromatic N) is 3. The normalized spacial score (nSPS) is 12.8. The van der Waals surface area contributed by atoms with Gasteiger partial charge in [-0.1, -0.05) is 36.0 Å². The molecule has 0 atom stereocenters. The highest BCUT2D eigenvalue weighted by molar-refractivity contribution is 7.99. The first-order chi connectivity index (χ1) is 16.8. The first-order valence-electron chi connectivity index (χ1n) is 11.1. The van der Waals surface area contributed by atoms with E-state index in [0.29, 0.717) is 37.1 Å². The van der Waals surface area contributed by atoms with Crippen molar-refractivity contribution in [1.82, 2.24) is 20.1 Å². The molecular weight excluding hydrogens is 452 g/mol. The maximum atomic E-state index is 12.4. The van der Waals surface area contributed by atoms with Crippen LogP contribution >= 0.6 is 11.8 Å². The van der Waals surface area contributed by atoms with Gasteiger partial charge in [-0.3, -0.25) is 9.36 Å². The minimum atomic E-state index is -0.103. The molecule has 9 heteroatoms. The summed E-state index contributed by atoms with van der Waals surface area (Å²) >= 11 is 1.35. The van der Waals surface area contributed by atoms with E-state index in [2.05, 4.69) is 15.5 Å². The fourth-order valence-electron chi connectivity index (χ4n) is 3.62. The Morgan fingerprint density at radius 1 is 1.00 bits per heavy atom. The number of furan rings is 1. The van der Waals surface area contributed by atoms with Crippen molar-refractivity contribution in [2.24, 2.45) is 0 Å². The molecule has 0 radical (unpaired) electrons. The fraction of sp³-hybridized carbons (Fsp3) is 0.240. The van der Waals surface area contributed by atoms with Gasteiger partial charge in [0.05, 0.1) is 31.8 Å². The highest BCUT2D eigenvalue weighted by Crippen LogP contribution is 2.31. The summed E-state index contributed by atoms with van der Waals surface area (Å²) in [7, 11) is 0. The molecule has 174 valence electrons. The van der Waals surface area contributed by atoms with Gasteiger partial charge < -0.3 is 19.2 Å². The molecule has 1 aliphatic heterocycles. The van der Waals surface area contributed by atoms with Crippen LogP contribution in [-0.4, -0.2) is 39.6 Å². The van der Waals surface area contributed by atoms with Crippen LogP contribution in [-0.2, 0) is 17.8 Å². The summed E-state index contributed by atoms with van der Waals surface area (Å²) in [6.45, 7) is 1.65. The monoisotopic (exact) mass is 476 g/mol. The van der Waals surface area contributed by atoms with Gasteiger partial charge in [-0.05, 0) is 42.0 Å². The number of benzene rings is 2. The molecule has 3 heterocycles. The Hall–Kier alpha value is -3.72. The van der Waals surface area contributed by atoms with Gasteiger partial charge in [0.1, 0.15) is 11.6 Å². The van der Waals surface area contributed by atoms with Crippen LogP contribution < -0.4 is 14.8 Å². The average Bonchev–Trinajstić information content (AvgIpc) is 3.46. The molecule has 1 aliphatic rings. The van der Waals surface area contributed by atoms with E-state index in [-0.39, 0.29) is 11.7 Å². The quantitative estimate of drug-likeness (QED) is 0.384. The van der Waals surface area contributed by atoms with Crippen molar-refractivity contribution in [3.63, 3.8) is 0 Å². The Morgan fingerprint density at radius 3 is 2.68 bits per heavy atom. The van der Waals surface area contributed by atoms with Gasteiger partial charge in [0.2, 0.25) is 5.91 Å². The SMILES string of the molecule is O=C(CSc1nnc(Cc2ccc3c(c2)OCCCO3)n1-c1ccccc1)NCc1ccco1. The molecule has 2 aromatic carbocycles. The topological polar surface area (TPSA) is 91.4 Å². The van der Waals surface area contributed by atoms with Crippen molar-refractivity contribution >= 4 is 17.7 Å². The number of carbonyl (C=O) groups is 1. The molecule has 5 rings (SSSR count). The van der Waals surface area contributed by atoms with Crippen LogP contribution in [0.1, 0.15) is 23.6 Å². The highest BCUT2D eigenvalue weighted by atomic mass is 32.2. The van der Waals surface area contributed by atoms with Gasteiger partial charge in [-0.15, -0.1) is 10.2 Å². The van der Waals surface area contributed by atoms with E-state index < -0.39 is 0 Å². The minimum absolute atomic E-state index is 0.103. The van der Waals surface area contributed by atoms with Crippen LogP contribution in [0.3, 0.4) is 0 Å². The second kappa shape index (κ2) is 10.5. The number of hydrogen-bond acceptors (Lipinski definition) is 7. The predicted octanol–water partition coefficient (Wildman–Crippen LogP) is 4.02. The second-order valence-electron chi connectivity index (χ2n) is 7.72. The van der Waals surface area contributed by atoms with Gasteiger partial charge in [0, 0.05) is 18.5 Å². The van der Waals surface area contributed by atoms with Crippen LogP contribution in [0.4, 0.5) is 0 Å². The number of rotatable bonds is 8. The summed E-state index contributed by atoms with van der Waals surface area (Å²) in [6.07, 6.45) is 3.01. The minimum Gasteiger partial charge on any atom is -0.490 e. The van der Waals surface area contributed by atoms with Crippen molar-refractivity contribution < 1.29 is 18.7 Å². The number of aromatic nitrogens is 3. The summed E-state index contributed by atoms with van der Waals surface area (Å²) in [6, 6.07) is 19.5. The molecule has 0 aliphatic carbocycles. The molecule has 0 spiro atoms. The van der Waals surface area contributed by atoms with E-state index in [9.17, 15) is 4.79 Å². The molecule has 2 aromatic heterocycles. The first kappa shape index (κ1) is 22.1. The van der Waals surface area contributed by atoms with Crippen molar-refractivity contribution in [2.75, 3.05) is 19.0 Å². The Bertz CT molecular complexity index is 1240. The fourth-order valence-corrected chi connectivity index (χ4v) is 4.43. The lowest BCUT2D eigenvalue weighted by atomic mass is 10.1. The average molecular weight is 477 g/mol. The number of fused-ring (bicyclic) bond motifs is 1. The molecule has 0 saturated heterocycles. The molecule has 1 N–H and O–H groups in total. The van der Waals surface area contributed by atoms with Crippen LogP contribution in [0.15, 0.2) is 76.5 Å².